The first kappa shape index (κ1) is 29.6. The molecule has 3 aromatic rings. The number of anilines is 1. The van der Waals surface area contributed by atoms with E-state index in [1.54, 1.807) is 44.5 Å². The highest BCUT2D eigenvalue weighted by Gasteiger charge is 2.35. The largest absolute Gasteiger partial charge is 0.494 e. The van der Waals surface area contributed by atoms with Crippen molar-refractivity contribution in [2.75, 3.05) is 24.6 Å². The first-order chi connectivity index (χ1) is 20.1. The normalized spacial score (nSPS) is 17.6. The number of aliphatic hydroxyl groups is 1. The van der Waals surface area contributed by atoms with E-state index in [-0.39, 0.29) is 17.6 Å². The number of carbonyl (C=O) groups is 1. The number of benzene rings is 2. The molecule has 222 valence electrons. The fourth-order valence-electron chi connectivity index (χ4n) is 5.48. The van der Waals surface area contributed by atoms with Crippen molar-refractivity contribution in [3.05, 3.63) is 77.7 Å². The van der Waals surface area contributed by atoms with Crippen molar-refractivity contribution in [1.29, 1.82) is 0 Å². The molecule has 2 aliphatic rings. The number of ether oxygens (including phenoxy) is 1. The summed E-state index contributed by atoms with van der Waals surface area (Å²) in [7, 11) is 0. The van der Waals surface area contributed by atoms with Gasteiger partial charge in [0.05, 0.1) is 18.2 Å². The summed E-state index contributed by atoms with van der Waals surface area (Å²) in [6.45, 7) is 5.04. The lowest BCUT2D eigenvalue weighted by Crippen LogP contribution is -2.41. The number of nitrogens with zero attached hydrogens (tertiary/aromatic N) is 4. The molecule has 10 heteroatoms. The Morgan fingerprint density at radius 2 is 1.79 bits per heavy atom. The minimum atomic E-state index is -0.763. The molecule has 1 aromatic heterocycles. The Morgan fingerprint density at radius 3 is 2.50 bits per heavy atom. The zero-order valence-electron chi connectivity index (χ0n) is 23.8. The van der Waals surface area contributed by atoms with Crippen LogP contribution >= 0.6 is 0 Å². The van der Waals surface area contributed by atoms with E-state index in [1.807, 2.05) is 6.07 Å². The van der Waals surface area contributed by atoms with Gasteiger partial charge in [-0.2, -0.15) is 5.10 Å². The second-order valence-electron chi connectivity index (χ2n) is 11.5. The number of piperidine rings is 1. The predicted molar refractivity (Wildman–Crippen MR) is 155 cm³/mol. The maximum Gasteiger partial charge on any atom is 0.246 e. The van der Waals surface area contributed by atoms with Crippen LogP contribution < -0.4 is 9.64 Å². The van der Waals surface area contributed by atoms with Crippen molar-refractivity contribution in [2.24, 2.45) is 11.0 Å². The highest BCUT2D eigenvalue weighted by Crippen LogP contribution is 2.34. The van der Waals surface area contributed by atoms with E-state index >= 15 is 0 Å². The van der Waals surface area contributed by atoms with Gasteiger partial charge in [0.1, 0.15) is 29.0 Å². The van der Waals surface area contributed by atoms with Crippen LogP contribution in [0.5, 0.6) is 5.75 Å². The third-order valence-electron chi connectivity index (χ3n) is 7.69. The number of hydrazone groups is 1. The molecule has 5 rings (SSSR count). The maximum atomic E-state index is 14.8. The molecule has 1 atom stereocenters. The average molecular weight is 581 g/mol. The van der Waals surface area contributed by atoms with E-state index in [9.17, 15) is 23.1 Å². The fourth-order valence-corrected chi connectivity index (χ4v) is 5.48. The quantitative estimate of drug-likeness (QED) is 0.302. The van der Waals surface area contributed by atoms with Crippen LogP contribution in [-0.4, -0.2) is 52.5 Å². The summed E-state index contributed by atoms with van der Waals surface area (Å²) >= 11 is 0. The molecular formula is C32H35F3N4O3. The Hall–Kier alpha value is -3.92. The minimum Gasteiger partial charge on any atom is -0.494 e. The number of amides is 1. The third kappa shape index (κ3) is 7.10. The van der Waals surface area contributed by atoms with Crippen LogP contribution in [0.15, 0.2) is 59.8 Å². The van der Waals surface area contributed by atoms with Crippen LogP contribution in [-0.2, 0) is 4.79 Å². The number of halogens is 3. The highest BCUT2D eigenvalue weighted by molar-refractivity contribution is 5.82. The van der Waals surface area contributed by atoms with Crippen molar-refractivity contribution in [2.45, 2.75) is 57.6 Å². The molecule has 0 aliphatic carbocycles. The molecule has 3 heterocycles. The smallest absolute Gasteiger partial charge is 0.246 e. The molecule has 0 saturated carbocycles. The number of pyridine rings is 1. The number of rotatable bonds is 9. The molecule has 1 amide bonds. The van der Waals surface area contributed by atoms with Crippen molar-refractivity contribution in [3.63, 3.8) is 0 Å². The summed E-state index contributed by atoms with van der Waals surface area (Å²) in [6, 6.07) is 11.0. The van der Waals surface area contributed by atoms with E-state index in [0.29, 0.717) is 80.1 Å². The number of aromatic nitrogens is 1. The Kier molecular flexibility index (Phi) is 8.82. The second-order valence-corrected chi connectivity index (χ2v) is 11.5. The van der Waals surface area contributed by atoms with Gasteiger partial charge in [-0.3, -0.25) is 4.79 Å². The number of hydrogen-bond donors (Lipinski definition) is 1. The molecule has 0 bridgehead atoms. The van der Waals surface area contributed by atoms with Gasteiger partial charge in [-0.25, -0.2) is 23.2 Å². The summed E-state index contributed by atoms with van der Waals surface area (Å²) in [5.41, 5.74) is 0.679. The molecule has 7 nitrogen and oxygen atoms in total. The van der Waals surface area contributed by atoms with Crippen molar-refractivity contribution >= 4 is 17.9 Å². The van der Waals surface area contributed by atoms with Crippen LogP contribution in [0.3, 0.4) is 0 Å². The van der Waals surface area contributed by atoms with Crippen LogP contribution in [0.1, 0.15) is 57.6 Å². The zero-order chi connectivity index (χ0) is 29.9. The van der Waals surface area contributed by atoms with Gasteiger partial charge in [-0.05, 0) is 93.1 Å². The molecule has 1 N–H and O–H groups in total. The lowest BCUT2D eigenvalue weighted by molar-refractivity contribution is -0.138. The lowest BCUT2D eigenvalue weighted by Gasteiger charge is -2.34. The molecule has 42 heavy (non-hydrogen) atoms. The summed E-state index contributed by atoms with van der Waals surface area (Å²) in [6.07, 6.45) is 6.02. The maximum absolute atomic E-state index is 14.8. The van der Waals surface area contributed by atoms with Crippen LogP contribution in [0.4, 0.5) is 19.0 Å². The van der Waals surface area contributed by atoms with Gasteiger partial charge >= 0.3 is 0 Å². The van der Waals surface area contributed by atoms with E-state index in [2.05, 4.69) is 15.0 Å². The molecule has 0 spiro atoms. The standard InChI is InChI=1S/C32H35F3N4O3/c1-32(2,41)10-3-15-42-26-4-5-28(35)27(20-26)22-6-11-36-30(18-22)38-13-8-21(9-14-38)31(40)39-29(7-12-37-39)23-16-24(33)19-25(34)17-23/h4-6,11-12,16-21,29,41H,3,7-10,13-15H2,1-2H3. The van der Waals surface area contributed by atoms with E-state index in [0.717, 1.165) is 6.07 Å². The van der Waals surface area contributed by atoms with Crippen LogP contribution in [0.2, 0.25) is 0 Å². The molecule has 1 saturated heterocycles. The molecule has 1 fully saturated rings. The van der Waals surface area contributed by atoms with Crippen molar-refractivity contribution in [1.82, 2.24) is 9.99 Å². The topological polar surface area (TPSA) is 78.3 Å². The SMILES string of the molecule is CC(C)(O)CCCOc1ccc(F)c(-c2ccnc(N3CCC(C(=O)N4N=CCC4c4cc(F)cc(F)c4)CC3)c2)c1. The summed E-state index contributed by atoms with van der Waals surface area (Å²) in [5.74, 6) is -0.976. The van der Waals surface area contributed by atoms with Gasteiger partial charge in [0.25, 0.3) is 0 Å². The first-order valence-corrected chi connectivity index (χ1v) is 14.2. The average Bonchev–Trinajstić information content (AvgIpc) is 3.45. The molecular weight excluding hydrogens is 545 g/mol. The van der Waals surface area contributed by atoms with Gasteiger partial charge in [0, 0.05) is 49.5 Å². The second kappa shape index (κ2) is 12.5. The predicted octanol–water partition coefficient (Wildman–Crippen LogP) is 6.27. The minimum absolute atomic E-state index is 0.166. The number of carbonyl (C=O) groups excluding carboxylic acids is 1. The lowest BCUT2D eigenvalue weighted by atomic mass is 9.94. The molecule has 1 unspecified atom stereocenters. The van der Waals surface area contributed by atoms with E-state index in [4.69, 9.17) is 4.74 Å². The Bertz CT molecular complexity index is 1430. The van der Waals surface area contributed by atoms with E-state index < -0.39 is 23.3 Å². The zero-order valence-corrected chi connectivity index (χ0v) is 23.8. The Balaban J connectivity index is 1.22. The molecule has 2 aliphatic heterocycles. The summed E-state index contributed by atoms with van der Waals surface area (Å²) < 4.78 is 48.3. The molecule has 2 aromatic carbocycles. The Labute approximate surface area is 243 Å². The van der Waals surface area contributed by atoms with Gasteiger partial charge in [-0.1, -0.05) is 0 Å². The first-order valence-electron chi connectivity index (χ1n) is 14.2. The van der Waals surface area contributed by atoms with Gasteiger partial charge in [0.15, 0.2) is 0 Å². The number of hydrogen-bond acceptors (Lipinski definition) is 6. The highest BCUT2D eigenvalue weighted by atomic mass is 19.1. The third-order valence-corrected chi connectivity index (χ3v) is 7.69. The Morgan fingerprint density at radius 1 is 1.05 bits per heavy atom. The van der Waals surface area contributed by atoms with Gasteiger partial charge in [0.2, 0.25) is 5.91 Å². The summed E-state index contributed by atoms with van der Waals surface area (Å²) in [5, 5.41) is 15.5. The van der Waals surface area contributed by atoms with Crippen LogP contribution in [0, 0.1) is 23.4 Å². The monoisotopic (exact) mass is 580 g/mol. The fraction of sp³-hybridized carbons (Fsp3) is 0.406. The van der Waals surface area contributed by atoms with E-state index in [1.165, 1.54) is 23.2 Å². The molecule has 0 radical (unpaired) electrons. The van der Waals surface area contributed by atoms with Crippen LogP contribution in [0.25, 0.3) is 11.1 Å². The van der Waals surface area contributed by atoms with Crippen molar-refractivity contribution in [3.8, 4) is 16.9 Å². The van der Waals surface area contributed by atoms with Gasteiger partial charge < -0.3 is 14.7 Å². The van der Waals surface area contributed by atoms with Gasteiger partial charge in [-0.15, -0.1) is 0 Å². The van der Waals surface area contributed by atoms with Crippen molar-refractivity contribution < 1.29 is 27.8 Å². The summed E-state index contributed by atoms with van der Waals surface area (Å²) in [4.78, 5) is 19.9.